The highest BCUT2D eigenvalue weighted by atomic mass is 32.1. The predicted octanol–water partition coefficient (Wildman–Crippen LogP) is 5.88. The fourth-order valence-electron chi connectivity index (χ4n) is 4.00. The lowest BCUT2D eigenvalue weighted by Crippen LogP contribution is -2.45. The molecule has 0 radical (unpaired) electrons. The molecule has 1 aliphatic rings. The lowest BCUT2D eigenvalue weighted by Gasteiger charge is -2.37. The number of hydrogen-bond acceptors (Lipinski definition) is 4. The molecule has 4 aromatic rings. The average molecular weight is 475 g/mol. The van der Waals surface area contributed by atoms with Gasteiger partial charge in [0.15, 0.2) is 5.11 Å². The molecular weight excluding hydrogens is 454 g/mol. The molecule has 0 spiro atoms. The number of aromatic nitrogens is 2. The molecular formula is C26H20F2N4OS. The van der Waals surface area contributed by atoms with Crippen LogP contribution in [0.2, 0.25) is 0 Å². The Labute approximate surface area is 200 Å². The van der Waals surface area contributed by atoms with Gasteiger partial charge in [-0.1, -0.05) is 47.6 Å². The molecule has 0 aliphatic carbocycles. The van der Waals surface area contributed by atoms with Gasteiger partial charge in [0.2, 0.25) is 5.82 Å². The lowest BCUT2D eigenvalue weighted by atomic mass is 9.94. The number of thiocarbonyl (C=S) groups is 1. The fraction of sp³-hybridized carbons (Fsp3) is 0.115. The molecule has 3 aromatic carbocycles. The van der Waals surface area contributed by atoms with Gasteiger partial charge in [0, 0.05) is 17.8 Å². The Balaban J connectivity index is 1.60. The topological polar surface area (TPSA) is 54.2 Å². The van der Waals surface area contributed by atoms with E-state index in [1.807, 2.05) is 48.2 Å². The van der Waals surface area contributed by atoms with Crippen LogP contribution in [-0.4, -0.2) is 20.2 Å². The van der Waals surface area contributed by atoms with E-state index in [0.717, 1.165) is 11.3 Å². The van der Waals surface area contributed by atoms with E-state index in [4.69, 9.17) is 16.7 Å². The Hall–Kier alpha value is -3.91. The Morgan fingerprint density at radius 2 is 1.74 bits per heavy atom. The van der Waals surface area contributed by atoms with Gasteiger partial charge in [0.25, 0.3) is 5.89 Å². The molecule has 8 heteroatoms. The molecule has 0 bridgehead atoms. The maximum Gasteiger partial charge on any atom is 0.258 e. The molecule has 0 fully saturated rings. The van der Waals surface area contributed by atoms with Crippen molar-refractivity contribution in [2.24, 2.45) is 0 Å². The summed E-state index contributed by atoms with van der Waals surface area (Å²) < 4.78 is 33.1. The number of nitrogens with zero attached hydrogens (tertiary/aromatic N) is 3. The lowest BCUT2D eigenvalue weighted by molar-refractivity contribution is 0.396. The van der Waals surface area contributed by atoms with Crippen molar-refractivity contribution >= 4 is 22.9 Å². The second kappa shape index (κ2) is 9.15. The zero-order valence-corrected chi connectivity index (χ0v) is 19.0. The predicted molar refractivity (Wildman–Crippen MR) is 129 cm³/mol. The van der Waals surface area contributed by atoms with Crippen molar-refractivity contribution in [1.82, 2.24) is 20.4 Å². The minimum Gasteiger partial charge on any atom is -0.351 e. The van der Waals surface area contributed by atoms with Gasteiger partial charge in [0.05, 0.1) is 11.6 Å². The molecule has 0 saturated heterocycles. The molecule has 1 aliphatic heterocycles. The Kier molecular flexibility index (Phi) is 5.90. The van der Waals surface area contributed by atoms with Gasteiger partial charge >= 0.3 is 0 Å². The van der Waals surface area contributed by atoms with Crippen molar-refractivity contribution in [3.8, 4) is 11.4 Å². The second-order valence-electron chi connectivity index (χ2n) is 7.94. The molecule has 1 unspecified atom stereocenters. The summed E-state index contributed by atoms with van der Waals surface area (Å²) in [6.45, 7) is 2.47. The summed E-state index contributed by atoms with van der Waals surface area (Å²) in [5.41, 5.74) is 3.88. The molecule has 1 atom stereocenters. The van der Waals surface area contributed by atoms with Gasteiger partial charge in [-0.05, 0) is 66.7 Å². The third-order valence-electron chi connectivity index (χ3n) is 5.72. The van der Waals surface area contributed by atoms with Crippen LogP contribution in [0.4, 0.5) is 8.78 Å². The normalized spacial score (nSPS) is 16.0. The fourth-order valence-corrected chi connectivity index (χ4v) is 4.32. The van der Waals surface area contributed by atoms with Gasteiger partial charge in [-0.2, -0.15) is 4.98 Å². The number of benzene rings is 3. The van der Waals surface area contributed by atoms with E-state index in [9.17, 15) is 8.78 Å². The Bertz CT molecular complexity index is 1370. The summed E-state index contributed by atoms with van der Waals surface area (Å²) in [6, 6.07) is 21.6. The van der Waals surface area contributed by atoms with E-state index in [1.54, 1.807) is 18.2 Å². The van der Waals surface area contributed by atoms with Crippen LogP contribution >= 0.6 is 12.2 Å². The summed E-state index contributed by atoms with van der Waals surface area (Å²) in [5, 5.41) is 7.94. The number of allylic oxidation sites excluding steroid dienone is 1. The number of hydrogen-bond donors (Lipinski definition) is 1. The first kappa shape index (κ1) is 21.9. The second-order valence-corrected chi connectivity index (χ2v) is 8.33. The molecule has 0 amide bonds. The van der Waals surface area contributed by atoms with E-state index in [0.29, 0.717) is 34.2 Å². The molecule has 170 valence electrons. The molecule has 1 aromatic heterocycles. The van der Waals surface area contributed by atoms with E-state index >= 15 is 0 Å². The molecule has 1 N–H and O–H groups in total. The maximum atomic E-state index is 14.1. The first-order valence-corrected chi connectivity index (χ1v) is 11.1. The largest absolute Gasteiger partial charge is 0.351 e. The zero-order chi connectivity index (χ0) is 23.7. The first-order chi connectivity index (χ1) is 16.5. The summed E-state index contributed by atoms with van der Waals surface area (Å²) in [6.07, 6.45) is 0. The van der Waals surface area contributed by atoms with E-state index in [2.05, 4.69) is 15.5 Å². The van der Waals surface area contributed by atoms with Gasteiger partial charge in [0.1, 0.15) is 11.6 Å². The van der Waals surface area contributed by atoms with Crippen LogP contribution in [0, 0.1) is 11.6 Å². The quantitative estimate of drug-likeness (QED) is 0.365. The Morgan fingerprint density at radius 3 is 2.47 bits per heavy atom. The van der Waals surface area contributed by atoms with Crippen molar-refractivity contribution in [2.75, 3.05) is 0 Å². The Morgan fingerprint density at radius 1 is 0.971 bits per heavy atom. The van der Waals surface area contributed by atoms with Crippen LogP contribution in [0.1, 0.15) is 30.0 Å². The first-order valence-electron chi connectivity index (χ1n) is 10.7. The van der Waals surface area contributed by atoms with Gasteiger partial charge in [-0.25, -0.2) is 8.78 Å². The van der Waals surface area contributed by atoms with Crippen molar-refractivity contribution in [2.45, 2.75) is 19.5 Å². The third kappa shape index (κ3) is 4.32. The van der Waals surface area contributed by atoms with E-state index in [-0.39, 0.29) is 17.5 Å². The average Bonchev–Trinajstić information content (AvgIpc) is 3.32. The van der Waals surface area contributed by atoms with Crippen molar-refractivity contribution < 1.29 is 13.3 Å². The maximum absolute atomic E-state index is 14.1. The molecule has 2 heterocycles. The van der Waals surface area contributed by atoms with Gasteiger partial charge in [-0.15, -0.1) is 0 Å². The minimum atomic E-state index is -0.489. The van der Waals surface area contributed by atoms with Crippen LogP contribution in [0.15, 0.2) is 89.1 Å². The highest BCUT2D eigenvalue weighted by Crippen LogP contribution is 2.38. The minimum absolute atomic E-state index is 0.277. The highest BCUT2D eigenvalue weighted by Gasteiger charge is 2.34. The SMILES string of the molecule is CC1=C(c2nc(-c3ccc(F)cc3)no2)C(c2cccc(F)c2)NC(=S)N1Cc1ccccc1. The van der Waals surface area contributed by atoms with Crippen molar-refractivity contribution in [3.05, 3.63) is 113 Å². The van der Waals surface area contributed by atoms with E-state index < -0.39 is 6.04 Å². The summed E-state index contributed by atoms with van der Waals surface area (Å²) in [5.74, 6) is -0.0968. The van der Waals surface area contributed by atoms with Gasteiger partial charge < -0.3 is 14.7 Å². The summed E-state index contributed by atoms with van der Waals surface area (Å²) in [4.78, 5) is 6.54. The number of halogens is 2. The summed E-state index contributed by atoms with van der Waals surface area (Å²) >= 11 is 5.69. The molecule has 5 rings (SSSR count). The molecule has 5 nitrogen and oxygen atoms in total. The zero-order valence-electron chi connectivity index (χ0n) is 18.2. The third-order valence-corrected chi connectivity index (χ3v) is 6.06. The van der Waals surface area contributed by atoms with Crippen LogP contribution in [0.5, 0.6) is 0 Å². The molecule has 34 heavy (non-hydrogen) atoms. The van der Waals surface area contributed by atoms with E-state index in [1.165, 1.54) is 24.3 Å². The van der Waals surface area contributed by atoms with Gasteiger partial charge in [-0.3, -0.25) is 0 Å². The van der Waals surface area contributed by atoms with Crippen LogP contribution in [0.3, 0.4) is 0 Å². The number of rotatable bonds is 5. The van der Waals surface area contributed by atoms with Crippen LogP contribution in [0.25, 0.3) is 17.0 Å². The molecule has 0 saturated carbocycles. The van der Waals surface area contributed by atoms with Crippen molar-refractivity contribution in [3.63, 3.8) is 0 Å². The standard InChI is InChI=1S/C26H20F2N4OS/c1-16-22(25-30-24(31-33-25)18-10-12-20(27)13-11-18)23(19-8-5-9-21(28)14-19)29-26(34)32(16)15-17-6-3-2-4-7-17/h2-14,23H,15H2,1H3,(H,29,34). The van der Waals surface area contributed by atoms with Crippen LogP contribution < -0.4 is 5.32 Å². The monoisotopic (exact) mass is 474 g/mol. The van der Waals surface area contributed by atoms with Crippen LogP contribution in [-0.2, 0) is 6.54 Å². The number of nitrogens with one attached hydrogen (secondary N) is 1. The summed E-state index contributed by atoms with van der Waals surface area (Å²) in [7, 11) is 0. The smallest absolute Gasteiger partial charge is 0.258 e. The van der Waals surface area contributed by atoms with Crippen molar-refractivity contribution in [1.29, 1.82) is 0 Å². The highest BCUT2D eigenvalue weighted by molar-refractivity contribution is 7.80.